The van der Waals surface area contributed by atoms with Crippen LogP contribution < -0.4 is 16.4 Å². The lowest BCUT2D eigenvalue weighted by Gasteiger charge is -2.30. The minimum atomic E-state index is -0.358. The third kappa shape index (κ3) is 4.03. The highest BCUT2D eigenvalue weighted by Crippen LogP contribution is 2.42. The Bertz CT molecular complexity index is 1270. The summed E-state index contributed by atoms with van der Waals surface area (Å²) in [4.78, 5) is 40.5. The van der Waals surface area contributed by atoms with Gasteiger partial charge in [-0.3, -0.25) is 20.0 Å². The van der Waals surface area contributed by atoms with Gasteiger partial charge in [0.15, 0.2) is 5.13 Å². The van der Waals surface area contributed by atoms with Gasteiger partial charge in [0.25, 0.3) is 5.91 Å². The maximum atomic E-state index is 13.2. The highest BCUT2D eigenvalue weighted by molar-refractivity contribution is 7.14. The fraction of sp³-hybridized carbons (Fsp3) is 0.455. The van der Waals surface area contributed by atoms with E-state index in [2.05, 4.69) is 49.6 Å². The van der Waals surface area contributed by atoms with Crippen LogP contribution >= 0.6 is 11.3 Å². The number of rotatable bonds is 5. The number of nitrogens with one attached hydrogen (secondary N) is 3. The number of anilines is 2. The average Bonchev–Trinajstić information content (AvgIpc) is 3.54. The van der Waals surface area contributed by atoms with Crippen LogP contribution in [0.2, 0.25) is 0 Å². The van der Waals surface area contributed by atoms with E-state index in [0.29, 0.717) is 46.9 Å². The zero-order chi connectivity index (χ0) is 24.0. The molecule has 5 rings (SSSR count). The van der Waals surface area contributed by atoms with Gasteiger partial charge < -0.3 is 16.0 Å². The zero-order valence-electron chi connectivity index (χ0n) is 19.3. The highest BCUT2D eigenvalue weighted by Gasteiger charge is 2.38. The maximum Gasteiger partial charge on any atom is 0.275 e. The molecular formula is C22H27N9O2S. The second kappa shape index (κ2) is 8.44. The number of aromatic amines is 1. The monoisotopic (exact) mass is 481 g/mol. The van der Waals surface area contributed by atoms with Crippen molar-refractivity contribution in [2.24, 2.45) is 0 Å². The van der Waals surface area contributed by atoms with Crippen LogP contribution in [0.1, 0.15) is 47.6 Å². The van der Waals surface area contributed by atoms with E-state index in [-0.39, 0.29) is 29.6 Å². The Morgan fingerprint density at radius 1 is 1.32 bits per heavy atom. The number of likely N-dealkylation sites (N-methyl/N-ethyl adjacent to an activating group) is 1. The van der Waals surface area contributed by atoms with Gasteiger partial charge in [0.2, 0.25) is 11.9 Å². The van der Waals surface area contributed by atoms with Crippen molar-refractivity contribution in [2.45, 2.75) is 44.6 Å². The van der Waals surface area contributed by atoms with Crippen molar-refractivity contribution < 1.29 is 9.59 Å². The molecule has 178 valence electrons. The molecule has 3 aromatic rings. The Kier molecular flexibility index (Phi) is 5.56. The largest absolute Gasteiger partial charge is 0.368 e. The Morgan fingerprint density at radius 3 is 2.91 bits per heavy atom. The normalized spacial score (nSPS) is 18.4. The van der Waals surface area contributed by atoms with Crippen molar-refractivity contribution in [2.75, 3.05) is 31.2 Å². The minimum Gasteiger partial charge on any atom is -0.368 e. The summed E-state index contributed by atoms with van der Waals surface area (Å²) in [6, 6.07) is 0.341. The van der Waals surface area contributed by atoms with Gasteiger partial charge in [0, 0.05) is 36.3 Å². The van der Waals surface area contributed by atoms with Crippen LogP contribution in [0.4, 0.5) is 11.1 Å². The van der Waals surface area contributed by atoms with E-state index in [4.69, 9.17) is 5.73 Å². The van der Waals surface area contributed by atoms with Gasteiger partial charge in [0.1, 0.15) is 11.4 Å². The number of carbonyl (C=O) groups is 2. The smallest absolute Gasteiger partial charge is 0.275 e. The predicted octanol–water partition coefficient (Wildman–Crippen LogP) is 1.35. The lowest BCUT2D eigenvalue weighted by molar-refractivity contribution is -0.129. The summed E-state index contributed by atoms with van der Waals surface area (Å²) in [5.74, 6) is -0.125. The molecule has 2 amide bonds. The van der Waals surface area contributed by atoms with Crippen LogP contribution in [0.15, 0.2) is 11.6 Å². The van der Waals surface area contributed by atoms with Crippen molar-refractivity contribution in [1.29, 1.82) is 0 Å². The fourth-order valence-electron chi connectivity index (χ4n) is 4.75. The van der Waals surface area contributed by atoms with E-state index < -0.39 is 0 Å². The third-order valence-corrected chi connectivity index (χ3v) is 7.27. The number of hydrogen-bond acceptors (Lipinski definition) is 9. The molecule has 0 spiro atoms. The van der Waals surface area contributed by atoms with Gasteiger partial charge in [0.05, 0.1) is 17.8 Å². The molecule has 0 aromatic carbocycles. The van der Waals surface area contributed by atoms with E-state index in [9.17, 15) is 9.59 Å². The van der Waals surface area contributed by atoms with Crippen molar-refractivity contribution in [3.63, 3.8) is 0 Å². The Balaban J connectivity index is 1.32. The Morgan fingerprint density at radius 2 is 2.15 bits per heavy atom. The molecule has 0 saturated carbocycles. The molecule has 3 aromatic heterocycles. The topological polar surface area (TPSA) is 155 Å². The fourth-order valence-corrected chi connectivity index (χ4v) is 5.46. The maximum absolute atomic E-state index is 13.2. The van der Waals surface area contributed by atoms with Gasteiger partial charge in [-0.2, -0.15) is 5.10 Å². The first-order valence-electron chi connectivity index (χ1n) is 11.2. The van der Waals surface area contributed by atoms with Crippen LogP contribution in [0.5, 0.6) is 0 Å². The van der Waals surface area contributed by atoms with Gasteiger partial charge in [-0.05, 0) is 30.9 Å². The molecule has 1 aliphatic heterocycles. The molecule has 1 atom stereocenters. The Hall–Kier alpha value is -3.38. The predicted molar refractivity (Wildman–Crippen MR) is 129 cm³/mol. The van der Waals surface area contributed by atoms with Gasteiger partial charge in [-0.25, -0.2) is 15.0 Å². The number of likely N-dealkylation sites (tertiary alicyclic amines) is 1. The van der Waals surface area contributed by atoms with Crippen LogP contribution in [-0.4, -0.2) is 68.0 Å². The lowest BCUT2D eigenvalue weighted by atomic mass is 9.73. The van der Waals surface area contributed by atoms with Gasteiger partial charge in [-0.15, -0.1) is 11.3 Å². The summed E-state index contributed by atoms with van der Waals surface area (Å²) in [5, 5.41) is 15.6. The van der Waals surface area contributed by atoms with E-state index in [1.54, 1.807) is 11.6 Å². The molecule has 12 heteroatoms. The molecule has 4 heterocycles. The summed E-state index contributed by atoms with van der Waals surface area (Å²) < 4.78 is 0. The molecule has 1 saturated heterocycles. The summed E-state index contributed by atoms with van der Waals surface area (Å²) in [5.41, 5.74) is 9.43. The zero-order valence-corrected chi connectivity index (χ0v) is 20.1. The molecule has 34 heavy (non-hydrogen) atoms. The first kappa shape index (κ1) is 22.4. The average molecular weight is 482 g/mol. The van der Waals surface area contributed by atoms with Gasteiger partial charge in [-0.1, -0.05) is 13.8 Å². The molecule has 0 unspecified atom stereocenters. The van der Waals surface area contributed by atoms with E-state index >= 15 is 0 Å². The number of nitrogens with two attached hydrogens (primary N) is 1. The number of carbonyl (C=O) groups excluding carboxylic acids is 2. The number of aromatic nitrogens is 5. The standard InChI is InChI=1S/C22H27N9O2S/c1-22(2)7-11-8-25-20(23)27-16(11)17-15(22)18(30-29-17)19(33)28-21-26-13(10-34-21)6-14(32)31-5-4-12(9-31)24-3/h8,10,12,24H,4-7,9H2,1-3H3,(H,29,30)(H2,23,25,27)(H,26,28,33)/t12-/m1/s1. The first-order chi connectivity index (χ1) is 16.2. The van der Waals surface area contributed by atoms with Crippen LogP contribution in [0, 0.1) is 0 Å². The second-order valence-corrected chi connectivity index (χ2v) is 10.2. The van der Waals surface area contributed by atoms with Crippen LogP contribution in [0.3, 0.4) is 0 Å². The van der Waals surface area contributed by atoms with Crippen LogP contribution in [0.25, 0.3) is 11.4 Å². The molecule has 0 radical (unpaired) electrons. The molecular weight excluding hydrogens is 454 g/mol. The number of amides is 2. The van der Waals surface area contributed by atoms with Gasteiger partial charge >= 0.3 is 0 Å². The molecule has 5 N–H and O–H groups in total. The first-order valence-corrected chi connectivity index (χ1v) is 12.0. The number of thiazole rings is 1. The molecule has 2 aliphatic rings. The summed E-state index contributed by atoms with van der Waals surface area (Å²) in [7, 11) is 1.91. The number of nitrogens with zero attached hydrogens (tertiary/aromatic N) is 5. The van der Waals surface area contributed by atoms with Crippen molar-refractivity contribution in [1.82, 2.24) is 35.4 Å². The summed E-state index contributed by atoms with van der Waals surface area (Å²) in [6.45, 7) is 5.57. The number of nitrogen functional groups attached to an aromatic ring is 1. The second-order valence-electron chi connectivity index (χ2n) is 9.37. The molecule has 1 aliphatic carbocycles. The number of fused-ring (bicyclic) bond motifs is 3. The quantitative estimate of drug-likeness (QED) is 0.426. The summed E-state index contributed by atoms with van der Waals surface area (Å²) in [6.07, 6.45) is 3.54. The number of hydrogen-bond donors (Lipinski definition) is 4. The highest BCUT2D eigenvalue weighted by atomic mass is 32.1. The van der Waals surface area contributed by atoms with E-state index in [1.165, 1.54) is 11.3 Å². The van der Waals surface area contributed by atoms with E-state index in [0.717, 1.165) is 24.1 Å². The van der Waals surface area contributed by atoms with Crippen LogP contribution in [-0.2, 0) is 23.1 Å². The van der Waals surface area contributed by atoms with Crippen molar-refractivity contribution in [3.8, 4) is 11.4 Å². The SMILES string of the molecule is CN[C@@H]1CCN(C(=O)Cc2csc(NC(=O)c3[nH]nc4c3C(C)(C)Cc3cnc(N)nc3-4)n2)C1. The van der Waals surface area contributed by atoms with E-state index in [1.807, 2.05) is 11.9 Å². The summed E-state index contributed by atoms with van der Waals surface area (Å²) >= 11 is 1.29. The minimum absolute atomic E-state index is 0.0465. The molecule has 11 nitrogen and oxygen atoms in total. The Labute approximate surface area is 200 Å². The molecule has 0 bridgehead atoms. The van der Waals surface area contributed by atoms with Crippen molar-refractivity contribution >= 4 is 34.2 Å². The lowest BCUT2D eigenvalue weighted by Crippen LogP contribution is -2.34. The van der Waals surface area contributed by atoms with Crippen molar-refractivity contribution in [3.05, 3.63) is 34.1 Å². The number of H-pyrrole nitrogens is 1. The molecule has 1 fully saturated rings. The third-order valence-electron chi connectivity index (χ3n) is 6.46.